The van der Waals surface area contributed by atoms with Crippen LogP contribution in [0.2, 0.25) is 5.02 Å². The average Bonchev–Trinajstić information content (AvgIpc) is 3.42. The molecule has 7 heteroatoms. The van der Waals surface area contributed by atoms with Crippen LogP contribution in [0.1, 0.15) is 17.2 Å². The first-order valence-corrected chi connectivity index (χ1v) is 12.2. The fraction of sp³-hybridized carbons (Fsp3) is 0.231. The summed E-state index contributed by atoms with van der Waals surface area (Å²) in [6.45, 7) is 4.41. The van der Waals surface area contributed by atoms with Gasteiger partial charge in [-0.25, -0.2) is 4.98 Å². The molecule has 0 radical (unpaired) electrons. The molecule has 1 atom stereocenters. The Bertz CT molecular complexity index is 1470. The van der Waals surface area contributed by atoms with E-state index >= 15 is 0 Å². The van der Waals surface area contributed by atoms with Crippen LogP contribution >= 0.6 is 22.9 Å². The number of rotatable bonds is 3. The Morgan fingerprint density at radius 1 is 1.09 bits per heavy atom. The standard InChI is InChI=1S/C26H23ClN4OS/c1-16-11-21(17-3-6-20(27)7-4-17)25-22(12-16)29-26(33-25)31-9-10-32-24(15-31)18-5-8-23-19(13-18)14-28-30(23)2/h3-8,11-14,24H,9-10,15H2,1-2H3. The highest BCUT2D eigenvalue weighted by Gasteiger charge is 2.25. The molecule has 0 aliphatic carbocycles. The third-order valence-corrected chi connectivity index (χ3v) is 7.67. The minimum atomic E-state index is 0.00726. The highest BCUT2D eigenvalue weighted by Crippen LogP contribution is 2.39. The molecule has 1 aliphatic heterocycles. The number of aromatic nitrogens is 3. The first kappa shape index (κ1) is 20.7. The summed E-state index contributed by atoms with van der Waals surface area (Å²) in [6.07, 6.45) is 1.92. The first-order chi connectivity index (χ1) is 16.0. The van der Waals surface area contributed by atoms with Crippen molar-refractivity contribution >= 4 is 49.2 Å². The van der Waals surface area contributed by atoms with E-state index in [1.54, 1.807) is 11.3 Å². The fourth-order valence-electron chi connectivity index (χ4n) is 4.55. The van der Waals surface area contributed by atoms with Crippen LogP contribution in [-0.4, -0.2) is 34.5 Å². The van der Waals surface area contributed by atoms with Crippen molar-refractivity contribution in [2.75, 3.05) is 24.6 Å². The van der Waals surface area contributed by atoms with E-state index in [2.05, 4.69) is 59.4 Å². The highest BCUT2D eigenvalue weighted by molar-refractivity contribution is 7.22. The van der Waals surface area contributed by atoms with Gasteiger partial charge in [-0.05, 0) is 60.0 Å². The SMILES string of the molecule is Cc1cc(-c2ccc(Cl)cc2)c2sc(N3CCOC(c4ccc5c(cnn5C)c4)C3)nc2c1. The van der Waals surface area contributed by atoms with Gasteiger partial charge >= 0.3 is 0 Å². The number of benzene rings is 3. The second-order valence-electron chi connectivity index (χ2n) is 8.56. The zero-order valence-electron chi connectivity index (χ0n) is 18.5. The molecule has 5 nitrogen and oxygen atoms in total. The Balaban J connectivity index is 1.34. The van der Waals surface area contributed by atoms with Gasteiger partial charge in [0.1, 0.15) is 6.10 Å². The summed E-state index contributed by atoms with van der Waals surface area (Å²) >= 11 is 7.87. The zero-order chi connectivity index (χ0) is 22.5. The quantitative estimate of drug-likeness (QED) is 0.304. The van der Waals surface area contributed by atoms with Gasteiger partial charge in [-0.1, -0.05) is 41.1 Å². The van der Waals surface area contributed by atoms with Crippen molar-refractivity contribution in [2.45, 2.75) is 13.0 Å². The second-order valence-corrected chi connectivity index (χ2v) is 9.97. The minimum Gasteiger partial charge on any atom is -0.370 e. The molecule has 6 rings (SSSR count). The van der Waals surface area contributed by atoms with Gasteiger partial charge in [0.2, 0.25) is 0 Å². The molecule has 0 N–H and O–H groups in total. The Hall–Kier alpha value is -2.93. The van der Waals surface area contributed by atoms with Crippen LogP contribution in [0.3, 0.4) is 0 Å². The fourth-order valence-corrected chi connectivity index (χ4v) is 5.79. The molecule has 1 saturated heterocycles. The second kappa shape index (κ2) is 8.13. The van der Waals surface area contributed by atoms with E-state index in [0.29, 0.717) is 6.61 Å². The van der Waals surface area contributed by atoms with Crippen molar-refractivity contribution in [3.8, 4) is 11.1 Å². The number of fused-ring (bicyclic) bond motifs is 2. The Kier molecular flexibility index (Phi) is 5.09. The number of morpholine rings is 1. The van der Waals surface area contributed by atoms with E-state index in [-0.39, 0.29) is 6.10 Å². The predicted molar refractivity (Wildman–Crippen MR) is 136 cm³/mol. The lowest BCUT2D eigenvalue weighted by Gasteiger charge is -2.33. The van der Waals surface area contributed by atoms with E-state index in [9.17, 15) is 0 Å². The zero-order valence-corrected chi connectivity index (χ0v) is 20.0. The number of thiazole rings is 1. The largest absolute Gasteiger partial charge is 0.370 e. The lowest BCUT2D eigenvalue weighted by Crippen LogP contribution is -2.38. The number of aryl methyl sites for hydroxylation is 2. The van der Waals surface area contributed by atoms with E-state index in [1.807, 2.05) is 30.1 Å². The summed E-state index contributed by atoms with van der Waals surface area (Å²) in [5.41, 5.74) is 6.92. The van der Waals surface area contributed by atoms with Crippen LogP contribution in [0.4, 0.5) is 5.13 Å². The van der Waals surface area contributed by atoms with Gasteiger partial charge < -0.3 is 9.64 Å². The van der Waals surface area contributed by atoms with Crippen LogP contribution in [0.5, 0.6) is 0 Å². The molecule has 1 aliphatic rings. The maximum absolute atomic E-state index is 6.16. The minimum absolute atomic E-state index is 0.00726. The Labute approximate surface area is 201 Å². The van der Waals surface area contributed by atoms with Crippen molar-refractivity contribution in [2.24, 2.45) is 7.05 Å². The molecular formula is C26H23ClN4OS. The lowest BCUT2D eigenvalue weighted by molar-refractivity contribution is 0.0399. The molecule has 33 heavy (non-hydrogen) atoms. The maximum atomic E-state index is 6.16. The van der Waals surface area contributed by atoms with Crippen molar-refractivity contribution in [3.63, 3.8) is 0 Å². The van der Waals surface area contributed by atoms with Crippen LogP contribution in [-0.2, 0) is 11.8 Å². The molecule has 0 bridgehead atoms. The highest BCUT2D eigenvalue weighted by atomic mass is 35.5. The molecule has 5 aromatic rings. The lowest BCUT2D eigenvalue weighted by atomic mass is 10.0. The van der Waals surface area contributed by atoms with E-state index in [1.165, 1.54) is 21.4 Å². The van der Waals surface area contributed by atoms with Gasteiger partial charge in [-0.3, -0.25) is 4.68 Å². The maximum Gasteiger partial charge on any atom is 0.186 e. The molecule has 166 valence electrons. The third kappa shape index (κ3) is 3.78. The molecule has 0 spiro atoms. The van der Waals surface area contributed by atoms with Crippen molar-refractivity contribution in [1.29, 1.82) is 0 Å². The smallest absolute Gasteiger partial charge is 0.186 e. The molecule has 3 heterocycles. The van der Waals surface area contributed by atoms with E-state index in [4.69, 9.17) is 21.3 Å². The van der Waals surface area contributed by atoms with Gasteiger partial charge in [0, 0.05) is 29.6 Å². The molecule has 1 fully saturated rings. The Morgan fingerprint density at radius 3 is 2.79 bits per heavy atom. The summed E-state index contributed by atoms with van der Waals surface area (Å²) in [5.74, 6) is 0. The van der Waals surface area contributed by atoms with Crippen molar-refractivity contribution < 1.29 is 4.74 Å². The number of hydrogen-bond donors (Lipinski definition) is 0. The van der Waals surface area contributed by atoms with Gasteiger partial charge in [0.05, 0.1) is 35.1 Å². The summed E-state index contributed by atoms with van der Waals surface area (Å²) < 4.78 is 9.27. The number of nitrogens with zero attached hydrogens (tertiary/aromatic N) is 4. The summed E-state index contributed by atoms with van der Waals surface area (Å²) in [6, 6.07) is 18.9. The van der Waals surface area contributed by atoms with Gasteiger partial charge in [0.25, 0.3) is 0 Å². The molecule has 0 saturated carbocycles. The molecule has 0 amide bonds. The van der Waals surface area contributed by atoms with Gasteiger partial charge in [0.15, 0.2) is 5.13 Å². The third-order valence-electron chi connectivity index (χ3n) is 6.26. The summed E-state index contributed by atoms with van der Waals surface area (Å²) in [4.78, 5) is 7.39. The number of hydrogen-bond acceptors (Lipinski definition) is 5. The Morgan fingerprint density at radius 2 is 1.94 bits per heavy atom. The van der Waals surface area contributed by atoms with Crippen molar-refractivity contribution in [1.82, 2.24) is 14.8 Å². The first-order valence-electron chi connectivity index (χ1n) is 11.0. The molecule has 2 aromatic heterocycles. The van der Waals surface area contributed by atoms with Crippen LogP contribution in [0.25, 0.3) is 32.2 Å². The molecule has 1 unspecified atom stereocenters. The van der Waals surface area contributed by atoms with E-state index in [0.717, 1.165) is 45.2 Å². The van der Waals surface area contributed by atoms with Crippen molar-refractivity contribution in [3.05, 3.63) is 76.9 Å². The normalized spacial score (nSPS) is 16.7. The van der Waals surface area contributed by atoms with Gasteiger partial charge in [-0.2, -0.15) is 5.10 Å². The number of halogens is 1. The molecular weight excluding hydrogens is 452 g/mol. The number of anilines is 1. The van der Waals surface area contributed by atoms with Crippen LogP contribution in [0.15, 0.2) is 60.8 Å². The topological polar surface area (TPSA) is 43.2 Å². The molecule has 3 aromatic carbocycles. The van der Waals surface area contributed by atoms with Gasteiger partial charge in [-0.15, -0.1) is 0 Å². The monoisotopic (exact) mass is 474 g/mol. The van der Waals surface area contributed by atoms with Crippen LogP contribution in [0, 0.1) is 6.92 Å². The van der Waals surface area contributed by atoms with E-state index < -0.39 is 0 Å². The summed E-state index contributed by atoms with van der Waals surface area (Å²) in [5, 5.41) is 7.29. The summed E-state index contributed by atoms with van der Waals surface area (Å²) in [7, 11) is 1.97. The number of ether oxygens (including phenoxy) is 1. The average molecular weight is 475 g/mol. The predicted octanol–water partition coefficient (Wildman–Crippen LogP) is 6.39. The van der Waals surface area contributed by atoms with Crippen LogP contribution < -0.4 is 4.90 Å².